The minimum absolute atomic E-state index is 0.122. The minimum atomic E-state index is -0.177. The van der Waals surface area contributed by atoms with Crippen molar-refractivity contribution in [3.8, 4) is 0 Å². The monoisotopic (exact) mass is 426 g/mol. The molecule has 4 saturated heterocycles. The number of carbonyl (C=O) groups excluding carboxylic acids is 1. The van der Waals surface area contributed by atoms with Gasteiger partial charge in [-0.3, -0.25) is 14.6 Å². The van der Waals surface area contributed by atoms with Crippen LogP contribution in [0.3, 0.4) is 0 Å². The number of amides is 1. The van der Waals surface area contributed by atoms with Crippen LogP contribution in [0.2, 0.25) is 0 Å². The first-order valence-electron chi connectivity index (χ1n) is 11.4. The van der Waals surface area contributed by atoms with E-state index in [2.05, 4.69) is 20.0 Å². The molecule has 166 valence electrons. The Kier molecular flexibility index (Phi) is 5.96. The SMILES string of the molecule is O=C(NC[C@H]1C[C@@H]2CCN1C[C@@H]2CN1CCN(c2ccc(F)cc2)CC1)c1ccco1. The highest BCUT2D eigenvalue weighted by Gasteiger charge is 2.40. The quantitative estimate of drug-likeness (QED) is 0.770. The van der Waals surface area contributed by atoms with Gasteiger partial charge in [0.15, 0.2) is 5.76 Å². The van der Waals surface area contributed by atoms with Crippen LogP contribution in [0.15, 0.2) is 47.1 Å². The Bertz CT molecular complexity index is 864. The Labute approximate surface area is 183 Å². The zero-order valence-corrected chi connectivity index (χ0v) is 17.9. The number of piperidine rings is 3. The maximum absolute atomic E-state index is 13.2. The summed E-state index contributed by atoms with van der Waals surface area (Å²) in [5.74, 6) is 1.54. The fraction of sp³-hybridized carbons (Fsp3) is 0.542. The number of hydrogen-bond donors (Lipinski definition) is 1. The van der Waals surface area contributed by atoms with E-state index in [0.29, 0.717) is 24.3 Å². The molecule has 4 atom stereocenters. The van der Waals surface area contributed by atoms with Gasteiger partial charge in [-0.15, -0.1) is 0 Å². The van der Waals surface area contributed by atoms with Gasteiger partial charge >= 0.3 is 0 Å². The Morgan fingerprint density at radius 1 is 1.10 bits per heavy atom. The lowest BCUT2D eigenvalue weighted by atomic mass is 9.75. The number of nitrogens with one attached hydrogen (secondary N) is 1. The maximum atomic E-state index is 13.2. The summed E-state index contributed by atoms with van der Waals surface area (Å²) in [7, 11) is 0. The van der Waals surface area contributed by atoms with Crippen LogP contribution in [0.25, 0.3) is 0 Å². The molecule has 1 amide bonds. The van der Waals surface area contributed by atoms with Crippen molar-refractivity contribution in [1.29, 1.82) is 0 Å². The molecule has 1 aromatic heterocycles. The zero-order chi connectivity index (χ0) is 21.2. The number of halogens is 1. The van der Waals surface area contributed by atoms with E-state index in [1.807, 2.05) is 12.1 Å². The first-order chi connectivity index (χ1) is 15.2. The Hall–Kier alpha value is -2.38. The van der Waals surface area contributed by atoms with Gasteiger partial charge in [-0.1, -0.05) is 0 Å². The summed E-state index contributed by atoms with van der Waals surface area (Å²) in [6, 6.07) is 10.7. The third-order valence-electron chi connectivity index (χ3n) is 7.31. The molecule has 2 bridgehead atoms. The maximum Gasteiger partial charge on any atom is 0.287 e. The van der Waals surface area contributed by atoms with E-state index < -0.39 is 0 Å². The van der Waals surface area contributed by atoms with Gasteiger partial charge in [0.2, 0.25) is 0 Å². The summed E-state index contributed by atoms with van der Waals surface area (Å²) in [6.45, 7) is 8.22. The molecular weight excluding hydrogens is 395 g/mol. The predicted molar refractivity (Wildman–Crippen MR) is 118 cm³/mol. The molecule has 31 heavy (non-hydrogen) atoms. The number of fused-ring (bicyclic) bond motifs is 3. The van der Waals surface area contributed by atoms with Crippen molar-refractivity contribution < 1.29 is 13.6 Å². The van der Waals surface area contributed by atoms with Gasteiger partial charge in [0.05, 0.1) is 6.26 Å². The van der Waals surface area contributed by atoms with Gasteiger partial charge in [0.25, 0.3) is 5.91 Å². The predicted octanol–water partition coefficient (Wildman–Crippen LogP) is 2.68. The molecule has 5 heterocycles. The molecular formula is C24H31FN4O2. The number of anilines is 1. The van der Waals surface area contributed by atoms with Gasteiger partial charge < -0.3 is 14.6 Å². The summed E-state index contributed by atoms with van der Waals surface area (Å²) in [4.78, 5) is 19.7. The number of benzene rings is 1. The smallest absolute Gasteiger partial charge is 0.287 e. The molecule has 0 aliphatic carbocycles. The van der Waals surface area contributed by atoms with Crippen LogP contribution in [-0.4, -0.2) is 74.1 Å². The fourth-order valence-corrected chi connectivity index (χ4v) is 5.55. The van der Waals surface area contributed by atoms with Gasteiger partial charge in [-0.25, -0.2) is 4.39 Å². The lowest BCUT2D eigenvalue weighted by Gasteiger charge is -2.51. The Morgan fingerprint density at radius 2 is 1.90 bits per heavy atom. The first kappa shape index (κ1) is 20.5. The number of carbonyl (C=O) groups is 1. The lowest BCUT2D eigenvalue weighted by Crippen LogP contribution is -2.59. The summed E-state index contributed by atoms with van der Waals surface area (Å²) in [5.41, 5.74) is 1.11. The van der Waals surface area contributed by atoms with Crippen molar-refractivity contribution in [3.05, 3.63) is 54.2 Å². The van der Waals surface area contributed by atoms with Crippen molar-refractivity contribution in [1.82, 2.24) is 15.1 Å². The van der Waals surface area contributed by atoms with E-state index in [9.17, 15) is 9.18 Å². The van der Waals surface area contributed by atoms with Crippen LogP contribution in [0.4, 0.5) is 10.1 Å². The molecule has 2 aromatic rings. The number of rotatable bonds is 6. The minimum Gasteiger partial charge on any atom is -0.459 e. The Balaban J connectivity index is 1.08. The van der Waals surface area contributed by atoms with Gasteiger partial charge in [0, 0.05) is 57.5 Å². The third kappa shape index (κ3) is 4.62. The number of furan rings is 1. The second-order valence-electron chi connectivity index (χ2n) is 9.14. The molecule has 0 saturated carbocycles. The average Bonchev–Trinajstić information content (AvgIpc) is 3.34. The standard InChI is InChI=1S/C24H31FN4O2/c25-20-3-5-21(6-4-20)28-11-9-27(10-12-28)16-19-17-29-8-7-18(19)14-22(29)15-26-24(30)23-2-1-13-31-23/h1-6,13,18-19,22H,7-12,14-17H2,(H,26,30)/t18-,19-,22+/m0/s1. The van der Waals surface area contributed by atoms with Crippen LogP contribution in [-0.2, 0) is 0 Å². The molecule has 0 radical (unpaired) electrons. The summed E-state index contributed by atoms with van der Waals surface area (Å²) in [6.07, 6.45) is 3.96. The van der Waals surface area contributed by atoms with Crippen molar-refractivity contribution >= 4 is 11.6 Å². The van der Waals surface area contributed by atoms with E-state index >= 15 is 0 Å². The molecule has 1 unspecified atom stereocenters. The molecule has 1 N–H and O–H groups in total. The number of piperazine rings is 1. The zero-order valence-electron chi connectivity index (χ0n) is 17.9. The number of hydrogen-bond acceptors (Lipinski definition) is 5. The van der Waals surface area contributed by atoms with Crippen LogP contribution >= 0.6 is 0 Å². The first-order valence-corrected chi connectivity index (χ1v) is 11.4. The van der Waals surface area contributed by atoms with Crippen LogP contribution in [0, 0.1) is 17.7 Å². The molecule has 4 aliphatic heterocycles. The molecule has 4 aliphatic rings. The van der Waals surface area contributed by atoms with Gasteiger partial charge in [-0.2, -0.15) is 0 Å². The van der Waals surface area contributed by atoms with E-state index in [1.54, 1.807) is 24.3 Å². The summed E-state index contributed by atoms with van der Waals surface area (Å²) < 4.78 is 18.4. The van der Waals surface area contributed by atoms with E-state index in [-0.39, 0.29) is 11.7 Å². The van der Waals surface area contributed by atoms with Crippen LogP contribution in [0.5, 0.6) is 0 Å². The van der Waals surface area contributed by atoms with Crippen molar-refractivity contribution in [2.24, 2.45) is 11.8 Å². The second kappa shape index (κ2) is 9.01. The highest BCUT2D eigenvalue weighted by atomic mass is 19.1. The fourth-order valence-electron chi connectivity index (χ4n) is 5.55. The molecule has 6 nitrogen and oxygen atoms in total. The summed E-state index contributed by atoms with van der Waals surface area (Å²) in [5, 5.41) is 3.05. The third-order valence-corrected chi connectivity index (χ3v) is 7.31. The number of nitrogens with zero attached hydrogens (tertiary/aromatic N) is 3. The van der Waals surface area contributed by atoms with Crippen molar-refractivity contribution in [2.45, 2.75) is 18.9 Å². The van der Waals surface area contributed by atoms with E-state index in [4.69, 9.17) is 4.42 Å². The van der Waals surface area contributed by atoms with Crippen LogP contribution < -0.4 is 10.2 Å². The lowest BCUT2D eigenvalue weighted by molar-refractivity contribution is -0.0121. The second-order valence-corrected chi connectivity index (χ2v) is 9.14. The summed E-state index contributed by atoms with van der Waals surface area (Å²) >= 11 is 0. The molecule has 0 spiro atoms. The molecule has 6 rings (SSSR count). The van der Waals surface area contributed by atoms with Crippen molar-refractivity contribution in [3.63, 3.8) is 0 Å². The van der Waals surface area contributed by atoms with Gasteiger partial charge in [-0.05, 0) is 67.6 Å². The van der Waals surface area contributed by atoms with E-state index in [0.717, 1.165) is 57.4 Å². The highest BCUT2D eigenvalue weighted by Crippen LogP contribution is 2.36. The van der Waals surface area contributed by atoms with Gasteiger partial charge in [0.1, 0.15) is 5.82 Å². The highest BCUT2D eigenvalue weighted by molar-refractivity contribution is 5.91. The topological polar surface area (TPSA) is 52.0 Å². The normalized spacial score (nSPS) is 28.6. The van der Waals surface area contributed by atoms with Crippen molar-refractivity contribution in [2.75, 3.05) is 57.3 Å². The molecule has 1 aromatic carbocycles. The molecule has 7 heteroatoms. The molecule has 4 fully saturated rings. The average molecular weight is 427 g/mol. The Morgan fingerprint density at radius 3 is 2.58 bits per heavy atom. The van der Waals surface area contributed by atoms with E-state index in [1.165, 1.54) is 19.1 Å². The largest absolute Gasteiger partial charge is 0.459 e. The van der Waals surface area contributed by atoms with Crippen LogP contribution in [0.1, 0.15) is 23.4 Å².